The number of aryl methyl sites for hydroxylation is 1. The summed E-state index contributed by atoms with van der Waals surface area (Å²) in [5.74, 6) is 1.89. The van der Waals surface area contributed by atoms with E-state index in [1.807, 2.05) is 0 Å². The van der Waals surface area contributed by atoms with Gasteiger partial charge >= 0.3 is 0 Å². The van der Waals surface area contributed by atoms with E-state index in [1.54, 1.807) is 0 Å². The Morgan fingerprint density at radius 2 is 1.76 bits per heavy atom. The van der Waals surface area contributed by atoms with Crippen LogP contribution in [-0.4, -0.2) is 9.97 Å². The summed E-state index contributed by atoms with van der Waals surface area (Å²) in [7, 11) is 0. The molecule has 2 aliphatic rings. The van der Waals surface area contributed by atoms with Gasteiger partial charge in [0.05, 0.1) is 5.69 Å². The van der Waals surface area contributed by atoms with E-state index in [0.717, 1.165) is 18.5 Å². The van der Waals surface area contributed by atoms with Gasteiger partial charge in [0.1, 0.15) is 5.82 Å². The molecule has 3 N–H and O–H groups in total. The molecule has 3 heteroatoms. The molecule has 1 aromatic rings. The Morgan fingerprint density at radius 1 is 1.00 bits per heavy atom. The Balaban J connectivity index is 1.83. The highest BCUT2D eigenvalue weighted by Crippen LogP contribution is 2.33. The van der Waals surface area contributed by atoms with Crippen LogP contribution in [0.2, 0.25) is 0 Å². The number of rotatable bonds is 1. The quantitative estimate of drug-likeness (QED) is 0.732. The maximum atomic E-state index is 6.14. The zero-order valence-electron chi connectivity index (χ0n) is 10.5. The lowest BCUT2D eigenvalue weighted by atomic mass is 9.97. The van der Waals surface area contributed by atoms with Crippen molar-refractivity contribution in [2.45, 2.75) is 69.7 Å². The average Bonchev–Trinajstić information content (AvgIpc) is 2.59. The lowest BCUT2D eigenvalue weighted by molar-refractivity contribution is 0.552. The summed E-state index contributed by atoms with van der Waals surface area (Å²) in [5, 5.41) is 0. The molecule has 1 heterocycles. The van der Waals surface area contributed by atoms with Gasteiger partial charge in [0.2, 0.25) is 0 Å². The molecule has 1 unspecified atom stereocenters. The summed E-state index contributed by atoms with van der Waals surface area (Å²) in [4.78, 5) is 8.39. The van der Waals surface area contributed by atoms with Crippen LogP contribution in [0.5, 0.6) is 0 Å². The van der Waals surface area contributed by atoms with E-state index in [-0.39, 0.29) is 6.04 Å². The molecule has 1 fully saturated rings. The normalized spacial score (nSPS) is 26.5. The highest BCUT2D eigenvalue weighted by molar-refractivity contribution is 5.22. The fraction of sp³-hybridized carbons (Fsp3) is 0.786. The predicted molar refractivity (Wildman–Crippen MR) is 68.9 cm³/mol. The number of hydrogen-bond acceptors (Lipinski definition) is 2. The third-order valence-electron chi connectivity index (χ3n) is 4.36. The third kappa shape index (κ3) is 2.25. The van der Waals surface area contributed by atoms with E-state index in [9.17, 15) is 0 Å². The Labute approximate surface area is 103 Å². The first-order valence-corrected chi connectivity index (χ1v) is 7.19. The molecule has 0 saturated heterocycles. The predicted octanol–water partition coefficient (Wildman–Crippen LogP) is 3.18. The van der Waals surface area contributed by atoms with Gasteiger partial charge in [-0.3, -0.25) is 0 Å². The van der Waals surface area contributed by atoms with Crippen molar-refractivity contribution in [1.82, 2.24) is 9.97 Å². The first-order chi connectivity index (χ1) is 8.34. The van der Waals surface area contributed by atoms with Gasteiger partial charge in [0, 0.05) is 17.7 Å². The number of fused-ring (bicyclic) bond motifs is 1. The van der Waals surface area contributed by atoms with Gasteiger partial charge in [-0.15, -0.1) is 0 Å². The van der Waals surface area contributed by atoms with Crippen molar-refractivity contribution in [3.8, 4) is 0 Å². The van der Waals surface area contributed by atoms with Gasteiger partial charge in [0.25, 0.3) is 0 Å². The second-order valence-electron chi connectivity index (χ2n) is 5.67. The molecule has 1 aromatic heterocycles. The highest BCUT2D eigenvalue weighted by atomic mass is 15.0. The summed E-state index contributed by atoms with van der Waals surface area (Å²) >= 11 is 0. The van der Waals surface area contributed by atoms with Crippen LogP contribution in [-0.2, 0) is 6.42 Å². The van der Waals surface area contributed by atoms with Crippen LogP contribution in [0.3, 0.4) is 0 Å². The second-order valence-corrected chi connectivity index (χ2v) is 5.67. The standard InChI is InChI=1S/C14H23N3/c15-11-8-5-9-12-13(11)17-14(16-12)10-6-3-1-2-4-7-10/h10-11H,1-9,15H2,(H,16,17). The van der Waals surface area contributed by atoms with Crippen LogP contribution >= 0.6 is 0 Å². The first-order valence-electron chi connectivity index (χ1n) is 7.19. The van der Waals surface area contributed by atoms with E-state index < -0.39 is 0 Å². The molecule has 0 aliphatic heterocycles. The Morgan fingerprint density at radius 3 is 2.47 bits per heavy atom. The zero-order chi connectivity index (χ0) is 11.7. The third-order valence-corrected chi connectivity index (χ3v) is 4.36. The van der Waals surface area contributed by atoms with Crippen LogP contribution < -0.4 is 5.73 Å². The monoisotopic (exact) mass is 233 g/mol. The largest absolute Gasteiger partial charge is 0.345 e. The van der Waals surface area contributed by atoms with Crippen molar-refractivity contribution in [2.75, 3.05) is 0 Å². The molecule has 1 saturated carbocycles. The number of nitrogens with one attached hydrogen (secondary N) is 1. The molecule has 0 bridgehead atoms. The van der Waals surface area contributed by atoms with Crippen molar-refractivity contribution in [2.24, 2.45) is 5.73 Å². The molecule has 0 spiro atoms. The van der Waals surface area contributed by atoms with Gasteiger partial charge in [-0.05, 0) is 32.1 Å². The number of H-pyrrole nitrogens is 1. The molecule has 0 amide bonds. The molecule has 3 rings (SSSR count). The molecular formula is C14H23N3. The van der Waals surface area contributed by atoms with E-state index in [4.69, 9.17) is 10.7 Å². The van der Waals surface area contributed by atoms with Gasteiger partial charge in [-0.25, -0.2) is 4.98 Å². The number of aromatic amines is 1. The molecule has 0 radical (unpaired) electrons. The van der Waals surface area contributed by atoms with E-state index >= 15 is 0 Å². The van der Waals surface area contributed by atoms with Crippen LogP contribution in [0.15, 0.2) is 0 Å². The molecule has 17 heavy (non-hydrogen) atoms. The number of imidazole rings is 1. The second kappa shape index (κ2) is 4.81. The van der Waals surface area contributed by atoms with Gasteiger partial charge in [-0.2, -0.15) is 0 Å². The molecule has 0 aromatic carbocycles. The first kappa shape index (κ1) is 11.3. The fourth-order valence-corrected chi connectivity index (χ4v) is 3.32. The Kier molecular flexibility index (Phi) is 3.19. The minimum absolute atomic E-state index is 0.175. The average molecular weight is 233 g/mol. The smallest absolute Gasteiger partial charge is 0.109 e. The number of aromatic nitrogens is 2. The number of nitrogens with zero attached hydrogens (tertiary/aromatic N) is 1. The van der Waals surface area contributed by atoms with Crippen LogP contribution in [0.1, 0.15) is 80.5 Å². The summed E-state index contributed by atoms with van der Waals surface area (Å²) in [5.41, 5.74) is 8.62. The zero-order valence-corrected chi connectivity index (χ0v) is 10.5. The summed E-state index contributed by atoms with van der Waals surface area (Å²) in [6, 6.07) is 0.175. The van der Waals surface area contributed by atoms with Gasteiger partial charge < -0.3 is 10.7 Å². The topological polar surface area (TPSA) is 54.7 Å². The number of nitrogens with two attached hydrogens (primary N) is 1. The minimum atomic E-state index is 0.175. The van der Waals surface area contributed by atoms with Crippen LogP contribution in [0.4, 0.5) is 0 Å². The van der Waals surface area contributed by atoms with Gasteiger partial charge in [-0.1, -0.05) is 25.7 Å². The maximum absolute atomic E-state index is 6.14. The molecular weight excluding hydrogens is 210 g/mol. The SMILES string of the molecule is NC1CCCc2[nH]c(C3CCCCCC3)nc21. The van der Waals surface area contributed by atoms with Crippen molar-refractivity contribution in [3.63, 3.8) is 0 Å². The Hall–Kier alpha value is -0.830. The van der Waals surface area contributed by atoms with E-state index in [0.29, 0.717) is 5.92 Å². The van der Waals surface area contributed by atoms with Crippen molar-refractivity contribution >= 4 is 0 Å². The summed E-state index contributed by atoms with van der Waals surface area (Å²) < 4.78 is 0. The van der Waals surface area contributed by atoms with Gasteiger partial charge in [0.15, 0.2) is 0 Å². The molecule has 2 aliphatic carbocycles. The van der Waals surface area contributed by atoms with Crippen LogP contribution in [0, 0.1) is 0 Å². The lowest BCUT2D eigenvalue weighted by Gasteiger charge is -2.15. The van der Waals surface area contributed by atoms with Crippen LogP contribution in [0.25, 0.3) is 0 Å². The minimum Gasteiger partial charge on any atom is -0.345 e. The van der Waals surface area contributed by atoms with E-state index in [2.05, 4.69) is 4.98 Å². The van der Waals surface area contributed by atoms with E-state index in [1.165, 1.54) is 56.5 Å². The highest BCUT2D eigenvalue weighted by Gasteiger charge is 2.24. The van der Waals surface area contributed by atoms with Crippen molar-refractivity contribution in [3.05, 3.63) is 17.2 Å². The Bertz CT molecular complexity index is 375. The maximum Gasteiger partial charge on any atom is 0.109 e. The molecule has 94 valence electrons. The summed E-state index contributed by atoms with van der Waals surface area (Å²) in [6.45, 7) is 0. The molecule has 3 nitrogen and oxygen atoms in total. The summed E-state index contributed by atoms with van der Waals surface area (Å²) in [6.07, 6.45) is 11.6. The van der Waals surface area contributed by atoms with Crippen molar-refractivity contribution < 1.29 is 0 Å². The fourth-order valence-electron chi connectivity index (χ4n) is 3.32. The van der Waals surface area contributed by atoms with Crippen molar-refractivity contribution in [1.29, 1.82) is 0 Å². The number of hydrogen-bond donors (Lipinski definition) is 2. The molecule has 1 atom stereocenters. The lowest BCUT2D eigenvalue weighted by Crippen LogP contribution is -2.17.